The molecule has 2 N–H and O–H groups in total. The van der Waals surface area contributed by atoms with E-state index in [4.69, 9.17) is 0 Å². The van der Waals surface area contributed by atoms with Gasteiger partial charge in [0.2, 0.25) is 0 Å². The molecule has 5 heteroatoms. The molecule has 4 nitrogen and oxygen atoms in total. The van der Waals surface area contributed by atoms with Gasteiger partial charge in [-0.2, -0.15) is 0 Å². The number of hydrogen-bond acceptors (Lipinski definition) is 3. The molecule has 2 aromatic heterocycles. The molecule has 0 atom stereocenters. The summed E-state index contributed by atoms with van der Waals surface area (Å²) in [4.78, 5) is 11.3. The SMILES string of the molecule is Brc1cncc(NCCCc2ncc[nH]2)c1. The number of aromatic amines is 1. The van der Waals surface area contributed by atoms with Crippen LogP contribution in [0.15, 0.2) is 35.3 Å². The zero-order chi connectivity index (χ0) is 11.2. The van der Waals surface area contributed by atoms with Crippen molar-refractivity contribution in [2.24, 2.45) is 0 Å². The summed E-state index contributed by atoms with van der Waals surface area (Å²) in [5.41, 5.74) is 1.04. The van der Waals surface area contributed by atoms with E-state index in [2.05, 4.69) is 36.2 Å². The van der Waals surface area contributed by atoms with Crippen LogP contribution >= 0.6 is 15.9 Å². The van der Waals surface area contributed by atoms with Crippen molar-refractivity contribution >= 4 is 21.6 Å². The molecule has 0 spiro atoms. The minimum atomic E-state index is 0.916. The molecule has 0 radical (unpaired) electrons. The van der Waals surface area contributed by atoms with Crippen LogP contribution in [0.1, 0.15) is 12.2 Å². The molecule has 0 aliphatic carbocycles. The summed E-state index contributed by atoms with van der Waals surface area (Å²) in [6.45, 7) is 0.916. The third kappa shape index (κ3) is 3.34. The number of anilines is 1. The monoisotopic (exact) mass is 280 g/mol. The predicted molar refractivity (Wildman–Crippen MR) is 67.3 cm³/mol. The van der Waals surface area contributed by atoms with Gasteiger partial charge in [0.25, 0.3) is 0 Å². The summed E-state index contributed by atoms with van der Waals surface area (Å²) in [5.74, 6) is 1.04. The molecule has 2 rings (SSSR count). The van der Waals surface area contributed by atoms with Crippen molar-refractivity contribution < 1.29 is 0 Å². The van der Waals surface area contributed by atoms with E-state index in [1.807, 2.05) is 18.5 Å². The van der Waals surface area contributed by atoms with Crippen LogP contribution in [0, 0.1) is 0 Å². The van der Waals surface area contributed by atoms with Gasteiger partial charge in [-0.1, -0.05) is 0 Å². The highest BCUT2D eigenvalue weighted by molar-refractivity contribution is 9.10. The zero-order valence-electron chi connectivity index (χ0n) is 8.78. The van der Waals surface area contributed by atoms with Crippen LogP contribution in [0.5, 0.6) is 0 Å². The Morgan fingerprint density at radius 3 is 3.06 bits per heavy atom. The number of aromatic nitrogens is 3. The van der Waals surface area contributed by atoms with Gasteiger partial charge in [0.1, 0.15) is 5.82 Å². The van der Waals surface area contributed by atoms with Gasteiger partial charge in [-0.15, -0.1) is 0 Å². The summed E-state index contributed by atoms with van der Waals surface area (Å²) in [7, 11) is 0. The van der Waals surface area contributed by atoms with Crippen LogP contribution in [0.25, 0.3) is 0 Å². The van der Waals surface area contributed by atoms with E-state index in [1.54, 1.807) is 12.4 Å². The fourth-order valence-electron chi connectivity index (χ4n) is 1.43. The van der Waals surface area contributed by atoms with Crippen molar-refractivity contribution in [3.8, 4) is 0 Å². The Morgan fingerprint density at radius 1 is 1.38 bits per heavy atom. The molecule has 0 aliphatic rings. The van der Waals surface area contributed by atoms with Gasteiger partial charge in [0, 0.05) is 36.0 Å². The molecule has 16 heavy (non-hydrogen) atoms. The summed E-state index contributed by atoms with van der Waals surface area (Å²) in [5, 5.41) is 3.31. The average molecular weight is 281 g/mol. The van der Waals surface area contributed by atoms with Crippen LogP contribution in [0.4, 0.5) is 5.69 Å². The summed E-state index contributed by atoms with van der Waals surface area (Å²) >= 11 is 3.39. The first-order valence-corrected chi connectivity index (χ1v) is 5.96. The molecule has 2 aromatic rings. The van der Waals surface area contributed by atoms with Gasteiger partial charge < -0.3 is 10.3 Å². The number of H-pyrrole nitrogens is 1. The van der Waals surface area contributed by atoms with Gasteiger partial charge in [0.05, 0.1) is 11.9 Å². The molecule has 2 heterocycles. The van der Waals surface area contributed by atoms with Crippen LogP contribution < -0.4 is 5.32 Å². The Balaban J connectivity index is 1.72. The Labute approximate surface area is 103 Å². The highest BCUT2D eigenvalue weighted by atomic mass is 79.9. The van der Waals surface area contributed by atoms with Gasteiger partial charge >= 0.3 is 0 Å². The number of nitrogens with zero attached hydrogens (tertiary/aromatic N) is 2. The highest BCUT2D eigenvalue weighted by Gasteiger charge is 1.96. The first-order valence-electron chi connectivity index (χ1n) is 5.17. The van der Waals surface area contributed by atoms with Crippen molar-refractivity contribution in [3.63, 3.8) is 0 Å². The van der Waals surface area contributed by atoms with E-state index in [1.165, 1.54) is 0 Å². The summed E-state index contributed by atoms with van der Waals surface area (Å²) in [6, 6.07) is 2.01. The lowest BCUT2D eigenvalue weighted by atomic mass is 10.3. The number of imidazole rings is 1. The fraction of sp³-hybridized carbons (Fsp3) is 0.273. The molecular weight excluding hydrogens is 268 g/mol. The first-order chi connectivity index (χ1) is 7.84. The quantitative estimate of drug-likeness (QED) is 0.828. The summed E-state index contributed by atoms with van der Waals surface area (Å²) < 4.78 is 0.989. The van der Waals surface area contributed by atoms with E-state index in [0.29, 0.717) is 0 Å². The fourth-order valence-corrected chi connectivity index (χ4v) is 1.80. The van der Waals surface area contributed by atoms with E-state index < -0.39 is 0 Å². The number of hydrogen-bond donors (Lipinski definition) is 2. The predicted octanol–water partition coefficient (Wildman–Crippen LogP) is 2.61. The van der Waals surface area contributed by atoms with Gasteiger partial charge in [-0.05, 0) is 28.4 Å². The number of aryl methyl sites for hydroxylation is 1. The smallest absolute Gasteiger partial charge is 0.106 e. The zero-order valence-corrected chi connectivity index (χ0v) is 10.4. The third-order valence-corrected chi connectivity index (χ3v) is 2.61. The molecule has 0 saturated carbocycles. The van der Waals surface area contributed by atoms with Crippen molar-refractivity contribution in [3.05, 3.63) is 41.2 Å². The average Bonchev–Trinajstić information content (AvgIpc) is 2.77. The normalized spacial score (nSPS) is 10.3. The topological polar surface area (TPSA) is 53.6 Å². The van der Waals surface area contributed by atoms with Gasteiger partial charge in [-0.3, -0.25) is 4.98 Å². The Kier molecular flexibility index (Phi) is 3.93. The van der Waals surface area contributed by atoms with Crippen LogP contribution in [-0.4, -0.2) is 21.5 Å². The maximum atomic E-state index is 4.17. The lowest BCUT2D eigenvalue weighted by molar-refractivity contribution is 0.816. The molecule has 0 unspecified atom stereocenters. The molecule has 0 aromatic carbocycles. The third-order valence-electron chi connectivity index (χ3n) is 2.18. The molecule has 0 bridgehead atoms. The van der Waals surface area contributed by atoms with Gasteiger partial charge in [-0.25, -0.2) is 4.98 Å². The van der Waals surface area contributed by atoms with Crippen molar-refractivity contribution in [2.75, 3.05) is 11.9 Å². The second-order valence-corrected chi connectivity index (χ2v) is 4.37. The molecule has 0 fully saturated rings. The Bertz CT molecular complexity index is 427. The second-order valence-electron chi connectivity index (χ2n) is 3.46. The minimum Gasteiger partial charge on any atom is -0.384 e. The van der Waals surface area contributed by atoms with E-state index in [9.17, 15) is 0 Å². The standard InChI is InChI=1S/C11H13BrN4/c12-9-6-10(8-13-7-9)14-3-1-2-11-15-4-5-16-11/h4-8,14H,1-3H2,(H,15,16). The lowest BCUT2D eigenvalue weighted by Gasteiger charge is -2.05. The van der Waals surface area contributed by atoms with Crippen LogP contribution in [0.2, 0.25) is 0 Å². The second kappa shape index (κ2) is 5.65. The Morgan fingerprint density at radius 2 is 2.31 bits per heavy atom. The molecular formula is C11H13BrN4. The molecule has 0 amide bonds. The molecule has 84 valence electrons. The largest absolute Gasteiger partial charge is 0.384 e. The van der Waals surface area contributed by atoms with E-state index >= 15 is 0 Å². The molecule has 0 aliphatic heterocycles. The van der Waals surface area contributed by atoms with E-state index in [-0.39, 0.29) is 0 Å². The summed E-state index contributed by atoms with van der Waals surface area (Å²) in [6.07, 6.45) is 9.22. The van der Waals surface area contributed by atoms with Crippen LogP contribution in [-0.2, 0) is 6.42 Å². The number of halogens is 1. The molecule has 0 saturated heterocycles. The maximum absolute atomic E-state index is 4.17. The number of pyridine rings is 1. The van der Waals surface area contributed by atoms with Crippen LogP contribution in [0.3, 0.4) is 0 Å². The number of nitrogens with one attached hydrogen (secondary N) is 2. The van der Waals surface area contributed by atoms with Crippen molar-refractivity contribution in [1.82, 2.24) is 15.0 Å². The lowest BCUT2D eigenvalue weighted by Crippen LogP contribution is -2.03. The number of rotatable bonds is 5. The van der Waals surface area contributed by atoms with Gasteiger partial charge in [0.15, 0.2) is 0 Å². The van der Waals surface area contributed by atoms with Crippen molar-refractivity contribution in [2.45, 2.75) is 12.8 Å². The maximum Gasteiger partial charge on any atom is 0.106 e. The highest BCUT2D eigenvalue weighted by Crippen LogP contribution is 2.13. The van der Waals surface area contributed by atoms with E-state index in [0.717, 1.165) is 35.4 Å². The first kappa shape index (κ1) is 11.1. The van der Waals surface area contributed by atoms with Crippen molar-refractivity contribution in [1.29, 1.82) is 0 Å². The Hall–Kier alpha value is -1.36. The minimum absolute atomic E-state index is 0.916.